The standard InChI is InChI=1S/C17H15ClN2O/c1-11-8-12(18)6-7-16(11)21-17-9-13(10-19)20-15-5-3-2-4-14(15)17/h2-9H,10,19H2,1H3. The van der Waals surface area contributed by atoms with E-state index in [0.717, 1.165) is 33.7 Å². The van der Waals surface area contributed by atoms with Crippen LogP contribution in [0.3, 0.4) is 0 Å². The van der Waals surface area contributed by atoms with Crippen molar-refractivity contribution in [3.63, 3.8) is 0 Å². The van der Waals surface area contributed by atoms with Crippen LogP contribution in [0.1, 0.15) is 11.3 Å². The highest BCUT2D eigenvalue weighted by Gasteiger charge is 2.09. The van der Waals surface area contributed by atoms with E-state index in [0.29, 0.717) is 11.6 Å². The molecule has 0 saturated heterocycles. The quantitative estimate of drug-likeness (QED) is 0.777. The maximum atomic E-state index is 6.07. The lowest BCUT2D eigenvalue weighted by Gasteiger charge is -2.12. The van der Waals surface area contributed by atoms with Crippen molar-refractivity contribution < 1.29 is 4.74 Å². The Morgan fingerprint density at radius 2 is 1.90 bits per heavy atom. The Morgan fingerprint density at radius 1 is 1.10 bits per heavy atom. The number of halogens is 1. The summed E-state index contributed by atoms with van der Waals surface area (Å²) in [6.07, 6.45) is 0. The summed E-state index contributed by atoms with van der Waals surface area (Å²) in [6.45, 7) is 2.34. The van der Waals surface area contributed by atoms with E-state index in [1.165, 1.54) is 0 Å². The third-order valence-electron chi connectivity index (χ3n) is 3.30. The number of nitrogens with two attached hydrogens (primary N) is 1. The van der Waals surface area contributed by atoms with Crippen LogP contribution < -0.4 is 10.5 Å². The first kappa shape index (κ1) is 13.9. The average molecular weight is 299 g/mol. The van der Waals surface area contributed by atoms with E-state index in [4.69, 9.17) is 22.1 Å². The molecule has 0 bridgehead atoms. The summed E-state index contributed by atoms with van der Waals surface area (Å²) in [5.41, 5.74) is 8.38. The number of aryl methyl sites for hydroxylation is 1. The van der Waals surface area contributed by atoms with Gasteiger partial charge in [0, 0.05) is 23.0 Å². The molecule has 3 nitrogen and oxygen atoms in total. The van der Waals surface area contributed by atoms with Crippen LogP contribution in [0.25, 0.3) is 10.9 Å². The highest BCUT2D eigenvalue weighted by Crippen LogP contribution is 2.32. The number of rotatable bonds is 3. The minimum Gasteiger partial charge on any atom is -0.456 e. The summed E-state index contributed by atoms with van der Waals surface area (Å²) in [6, 6.07) is 15.3. The zero-order valence-corrected chi connectivity index (χ0v) is 12.4. The SMILES string of the molecule is Cc1cc(Cl)ccc1Oc1cc(CN)nc2ccccc12. The molecule has 0 fully saturated rings. The highest BCUT2D eigenvalue weighted by molar-refractivity contribution is 6.30. The van der Waals surface area contributed by atoms with Gasteiger partial charge in [-0.2, -0.15) is 0 Å². The lowest BCUT2D eigenvalue weighted by Crippen LogP contribution is -2.01. The van der Waals surface area contributed by atoms with Gasteiger partial charge < -0.3 is 10.5 Å². The fourth-order valence-corrected chi connectivity index (χ4v) is 2.46. The molecule has 2 N–H and O–H groups in total. The predicted molar refractivity (Wildman–Crippen MR) is 85.9 cm³/mol. The summed E-state index contributed by atoms with van der Waals surface area (Å²) >= 11 is 5.98. The molecule has 0 saturated carbocycles. The number of hydrogen-bond donors (Lipinski definition) is 1. The Labute approximate surface area is 128 Å². The van der Waals surface area contributed by atoms with Gasteiger partial charge in [-0.15, -0.1) is 0 Å². The second-order valence-electron chi connectivity index (χ2n) is 4.84. The van der Waals surface area contributed by atoms with E-state index < -0.39 is 0 Å². The molecule has 2 aromatic carbocycles. The molecular weight excluding hydrogens is 284 g/mol. The zero-order chi connectivity index (χ0) is 14.8. The highest BCUT2D eigenvalue weighted by atomic mass is 35.5. The van der Waals surface area contributed by atoms with Crippen LogP contribution >= 0.6 is 11.6 Å². The number of nitrogens with zero attached hydrogens (tertiary/aromatic N) is 1. The van der Waals surface area contributed by atoms with Gasteiger partial charge in [-0.3, -0.25) is 4.98 Å². The Hall–Kier alpha value is -2.10. The van der Waals surface area contributed by atoms with Crippen LogP contribution in [0.15, 0.2) is 48.5 Å². The number of pyridine rings is 1. The van der Waals surface area contributed by atoms with Crippen molar-refractivity contribution in [3.05, 3.63) is 64.8 Å². The zero-order valence-electron chi connectivity index (χ0n) is 11.6. The fourth-order valence-electron chi connectivity index (χ4n) is 2.23. The summed E-state index contributed by atoms with van der Waals surface area (Å²) in [7, 11) is 0. The third-order valence-corrected chi connectivity index (χ3v) is 3.53. The van der Waals surface area contributed by atoms with Gasteiger partial charge in [0.15, 0.2) is 0 Å². The maximum absolute atomic E-state index is 6.07. The van der Waals surface area contributed by atoms with Gasteiger partial charge in [0.05, 0.1) is 11.2 Å². The van der Waals surface area contributed by atoms with Gasteiger partial charge in [-0.1, -0.05) is 23.7 Å². The van der Waals surface area contributed by atoms with E-state index >= 15 is 0 Å². The lowest BCUT2D eigenvalue weighted by atomic mass is 10.1. The van der Waals surface area contributed by atoms with Crippen LogP contribution in [0.2, 0.25) is 5.02 Å². The number of hydrogen-bond acceptors (Lipinski definition) is 3. The Morgan fingerprint density at radius 3 is 2.67 bits per heavy atom. The van der Waals surface area contributed by atoms with Crippen molar-refractivity contribution in [1.82, 2.24) is 4.98 Å². The second-order valence-corrected chi connectivity index (χ2v) is 5.28. The normalized spacial score (nSPS) is 10.8. The van der Waals surface area contributed by atoms with Crippen LogP contribution in [0.4, 0.5) is 0 Å². The number of fused-ring (bicyclic) bond motifs is 1. The fraction of sp³-hybridized carbons (Fsp3) is 0.118. The van der Waals surface area contributed by atoms with E-state index in [1.54, 1.807) is 0 Å². The van der Waals surface area contributed by atoms with Gasteiger partial charge >= 0.3 is 0 Å². The molecule has 0 radical (unpaired) electrons. The van der Waals surface area contributed by atoms with Crippen molar-refractivity contribution in [2.75, 3.05) is 0 Å². The van der Waals surface area contributed by atoms with Gasteiger partial charge in [0.25, 0.3) is 0 Å². The smallest absolute Gasteiger partial charge is 0.138 e. The van der Waals surface area contributed by atoms with Crippen molar-refractivity contribution in [3.8, 4) is 11.5 Å². The number of aromatic nitrogens is 1. The van der Waals surface area contributed by atoms with E-state index in [2.05, 4.69) is 4.98 Å². The lowest BCUT2D eigenvalue weighted by molar-refractivity contribution is 0.483. The Kier molecular flexibility index (Phi) is 3.78. The summed E-state index contributed by atoms with van der Waals surface area (Å²) in [4.78, 5) is 4.51. The number of para-hydroxylation sites is 1. The molecule has 0 aliphatic heterocycles. The molecular formula is C17H15ClN2O. The summed E-state index contributed by atoms with van der Waals surface area (Å²) < 4.78 is 6.07. The van der Waals surface area contributed by atoms with Crippen LogP contribution in [0.5, 0.6) is 11.5 Å². The molecule has 0 spiro atoms. The minimum atomic E-state index is 0.376. The maximum Gasteiger partial charge on any atom is 0.138 e. The number of benzene rings is 2. The van der Waals surface area contributed by atoms with Gasteiger partial charge in [-0.05, 0) is 42.8 Å². The van der Waals surface area contributed by atoms with Crippen LogP contribution in [-0.2, 0) is 6.54 Å². The molecule has 3 rings (SSSR count). The first-order valence-electron chi connectivity index (χ1n) is 6.70. The first-order valence-corrected chi connectivity index (χ1v) is 7.08. The van der Waals surface area contributed by atoms with Gasteiger partial charge in [0.1, 0.15) is 11.5 Å². The van der Waals surface area contributed by atoms with Crippen molar-refractivity contribution in [1.29, 1.82) is 0 Å². The molecule has 1 aromatic heterocycles. The molecule has 0 aliphatic carbocycles. The monoisotopic (exact) mass is 298 g/mol. The molecule has 106 valence electrons. The van der Waals surface area contributed by atoms with Gasteiger partial charge in [0.2, 0.25) is 0 Å². The first-order chi connectivity index (χ1) is 10.2. The molecule has 4 heteroatoms. The molecule has 21 heavy (non-hydrogen) atoms. The largest absolute Gasteiger partial charge is 0.456 e. The van der Waals surface area contributed by atoms with Crippen molar-refractivity contribution in [2.45, 2.75) is 13.5 Å². The van der Waals surface area contributed by atoms with Crippen molar-refractivity contribution >= 4 is 22.5 Å². The molecule has 0 aliphatic rings. The minimum absolute atomic E-state index is 0.376. The second kappa shape index (κ2) is 5.72. The van der Waals surface area contributed by atoms with E-state index in [-0.39, 0.29) is 0 Å². The van der Waals surface area contributed by atoms with Crippen LogP contribution in [0, 0.1) is 6.92 Å². The Bertz CT molecular complexity index is 802. The molecule has 0 atom stereocenters. The number of ether oxygens (including phenoxy) is 1. The summed E-state index contributed by atoms with van der Waals surface area (Å²) in [5, 5.41) is 1.66. The van der Waals surface area contributed by atoms with Gasteiger partial charge in [-0.25, -0.2) is 0 Å². The Balaban J connectivity index is 2.10. The van der Waals surface area contributed by atoms with E-state index in [1.807, 2.05) is 55.5 Å². The summed E-state index contributed by atoms with van der Waals surface area (Å²) in [5.74, 6) is 1.53. The molecule has 0 amide bonds. The molecule has 1 heterocycles. The average Bonchev–Trinajstić information content (AvgIpc) is 2.49. The third kappa shape index (κ3) is 2.84. The van der Waals surface area contributed by atoms with Crippen LogP contribution in [-0.4, -0.2) is 4.98 Å². The van der Waals surface area contributed by atoms with E-state index in [9.17, 15) is 0 Å². The molecule has 3 aromatic rings. The van der Waals surface area contributed by atoms with Crippen molar-refractivity contribution in [2.24, 2.45) is 5.73 Å². The topological polar surface area (TPSA) is 48.1 Å². The molecule has 0 unspecified atom stereocenters. The predicted octanol–water partition coefficient (Wildman–Crippen LogP) is 4.45.